The SMILES string of the molecule is CC.CCC1(CCN(C)C)CCN(C(C)C)CC1. The summed E-state index contributed by atoms with van der Waals surface area (Å²) in [6.07, 6.45) is 5.53. The zero-order valence-corrected chi connectivity index (χ0v) is 13.9. The molecule has 1 fully saturated rings. The Bertz CT molecular complexity index is 191. The lowest BCUT2D eigenvalue weighted by molar-refractivity contribution is 0.0667. The molecule has 0 radical (unpaired) electrons. The standard InChI is InChI=1S/C14H30N2.C2H6/c1-6-14(7-10-15(4)5)8-11-16(12-9-14)13(2)3;1-2/h13H,6-12H2,1-5H3;1-2H3. The number of hydrogen-bond acceptors (Lipinski definition) is 2. The Kier molecular flexibility index (Phi) is 8.89. The molecule has 0 aromatic heterocycles. The predicted octanol–water partition coefficient (Wildman–Crippen LogP) is 3.86. The van der Waals surface area contributed by atoms with Crippen LogP contribution < -0.4 is 0 Å². The van der Waals surface area contributed by atoms with Gasteiger partial charge in [-0.3, -0.25) is 0 Å². The van der Waals surface area contributed by atoms with E-state index in [0.29, 0.717) is 5.41 Å². The summed E-state index contributed by atoms with van der Waals surface area (Å²) in [5.41, 5.74) is 0.635. The number of piperidine rings is 1. The van der Waals surface area contributed by atoms with Crippen molar-refractivity contribution >= 4 is 0 Å². The molecule has 18 heavy (non-hydrogen) atoms. The van der Waals surface area contributed by atoms with E-state index in [9.17, 15) is 0 Å². The van der Waals surface area contributed by atoms with Gasteiger partial charge in [-0.15, -0.1) is 0 Å². The number of rotatable bonds is 5. The minimum atomic E-state index is 0.635. The molecule has 0 aromatic rings. The van der Waals surface area contributed by atoms with E-state index in [1.165, 1.54) is 45.3 Å². The number of likely N-dealkylation sites (tertiary alicyclic amines) is 1. The number of hydrogen-bond donors (Lipinski definition) is 0. The Balaban J connectivity index is 0.00000137. The highest BCUT2D eigenvalue weighted by atomic mass is 15.2. The van der Waals surface area contributed by atoms with Crippen LogP contribution >= 0.6 is 0 Å². The summed E-state index contributed by atoms with van der Waals surface area (Å²) < 4.78 is 0. The molecule has 0 N–H and O–H groups in total. The molecule has 0 spiro atoms. The van der Waals surface area contributed by atoms with E-state index in [1.54, 1.807) is 0 Å². The average Bonchev–Trinajstić information content (AvgIpc) is 2.39. The van der Waals surface area contributed by atoms with E-state index in [0.717, 1.165) is 6.04 Å². The van der Waals surface area contributed by atoms with E-state index in [4.69, 9.17) is 0 Å². The van der Waals surface area contributed by atoms with Gasteiger partial charge in [0.2, 0.25) is 0 Å². The lowest BCUT2D eigenvalue weighted by Crippen LogP contribution is -2.43. The smallest absolute Gasteiger partial charge is 0.00385 e. The summed E-state index contributed by atoms with van der Waals surface area (Å²) in [7, 11) is 4.37. The largest absolute Gasteiger partial charge is 0.309 e. The van der Waals surface area contributed by atoms with Gasteiger partial charge in [-0.1, -0.05) is 27.2 Å². The van der Waals surface area contributed by atoms with E-state index in [-0.39, 0.29) is 0 Å². The van der Waals surface area contributed by atoms with E-state index >= 15 is 0 Å². The molecule has 1 rings (SSSR count). The van der Waals surface area contributed by atoms with Crippen molar-refractivity contribution in [2.75, 3.05) is 33.7 Å². The maximum Gasteiger partial charge on any atom is 0.00385 e. The first-order chi connectivity index (χ1) is 8.49. The molecule has 2 nitrogen and oxygen atoms in total. The summed E-state index contributed by atoms with van der Waals surface area (Å²) in [5, 5.41) is 0. The Hall–Kier alpha value is -0.0800. The first-order valence-corrected chi connectivity index (χ1v) is 7.88. The van der Waals surface area contributed by atoms with Gasteiger partial charge >= 0.3 is 0 Å². The van der Waals surface area contributed by atoms with Gasteiger partial charge in [0.05, 0.1) is 0 Å². The lowest BCUT2D eigenvalue weighted by atomic mass is 9.73. The first-order valence-electron chi connectivity index (χ1n) is 7.88. The molecule has 1 aliphatic heterocycles. The second kappa shape index (κ2) is 8.92. The van der Waals surface area contributed by atoms with Crippen LogP contribution in [-0.2, 0) is 0 Å². The monoisotopic (exact) mass is 256 g/mol. The first kappa shape index (κ1) is 17.9. The van der Waals surface area contributed by atoms with Crippen molar-refractivity contribution in [2.45, 2.75) is 66.3 Å². The second-order valence-electron chi connectivity index (χ2n) is 6.04. The highest BCUT2D eigenvalue weighted by Gasteiger charge is 2.33. The molecular formula is C16H36N2. The zero-order valence-electron chi connectivity index (χ0n) is 13.9. The third-order valence-electron chi connectivity index (χ3n) is 4.43. The molecule has 0 aliphatic carbocycles. The van der Waals surface area contributed by atoms with Gasteiger partial charge in [0.15, 0.2) is 0 Å². The van der Waals surface area contributed by atoms with Crippen LogP contribution in [0, 0.1) is 5.41 Å². The molecular weight excluding hydrogens is 220 g/mol. The molecule has 0 saturated carbocycles. The summed E-state index contributed by atoms with van der Waals surface area (Å²) >= 11 is 0. The Morgan fingerprint density at radius 2 is 1.61 bits per heavy atom. The van der Waals surface area contributed by atoms with Crippen molar-refractivity contribution < 1.29 is 0 Å². The second-order valence-corrected chi connectivity index (χ2v) is 6.04. The summed E-state index contributed by atoms with van der Waals surface area (Å²) in [5.74, 6) is 0. The van der Waals surface area contributed by atoms with Crippen LogP contribution in [0.2, 0.25) is 0 Å². The van der Waals surface area contributed by atoms with Crippen molar-refractivity contribution in [2.24, 2.45) is 5.41 Å². The summed E-state index contributed by atoms with van der Waals surface area (Å²) in [6, 6.07) is 0.726. The fourth-order valence-corrected chi connectivity index (χ4v) is 2.76. The van der Waals surface area contributed by atoms with Crippen LogP contribution in [0.15, 0.2) is 0 Å². The Morgan fingerprint density at radius 3 is 1.94 bits per heavy atom. The predicted molar refractivity (Wildman–Crippen MR) is 83.2 cm³/mol. The topological polar surface area (TPSA) is 6.48 Å². The van der Waals surface area contributed by atoms with Crippen molar-refractivity contribution in [1.29, 1.82) is 0 Å². The fraction of sp³-hybridized carbons (Fsp3) is 1.00. The molecule has 0 aromatic carbocycles. The Labute approximate surface area is 116 Å². The number of nitrogens with zero attached hydrogens (tertiary/aromatic N) is 2. The van der Waals surface area contributed by atoms with Gasteiger partial charge in [-0.2, -0.15) is 0 Å². The van der Waals surface area contributed by atoms with Crippen molar-refractivity contribution in [3.8, 4) is 0 Å². The molecule has 0 atom stereocenters. The van der Waals surface area contributed by atoms with Crippen molar-refractivity contribution in [3.63, 3.8) is 0 Å². The van der Waals surface area contributed by atoms with E-state index < -0.39 is 0 Å². The molecule has 0 bridgehead atoms. The van der Waals surface area contributed by atoms with Crippen LogP contribution in [0.1, 0.15) is 60.3 Å². The zero-order chi connectivity index (χ0) is 14.2. The normalized spacial score (nSPS) is 19.8. The minimum absolute atomic E-state index is 0.635. The van der Waals surface area contributed by atoms with Crippen LogP contribution in [-0.4, -0.2) is 49.6 Å². The fourth-order valence-electron chi connectivity index (χ4n) is 2.76. The van der Waals surface area contributed by atoms with Gasteiger partial charge in [0.1, 0.15) is 0 Å². The summed E-state index contributed by atoms with van der Waals surface area (Å²) in [6.45, 7) is 14.9. The average molecular weight is 256 g/mol. The maximum absolute atomic E-state index is 2.63. The van der Waals surface area contributed by atoms with E-state index in [2.05, 4.69) is 44.7 Å². The van der Waals surface area contributed by atoms with Gasteiger partial charge < -0.3 is 9.80 Å². The quantitative estimate of drug-likeness (QED) is 0.737. The van der Waals surface area contributed by atoms with Crippen LogP contribution in [0.25, 0.3) is 0 Å². The molecule has 0 unspecified atom stereocenters. The minimum Gasteiger partial charge on any atom is -0.309 e. The molecule has 110 valence electrons. The third-order valence-corrected chi connectivity index (χ3v) is 4.43. The van der Waals surface area contributed by atoms with Crippen LogP contribution in [0.5, 0.6) is 0 Å². The van der Waals surface area contributed by atoms with Gasteiger partial charge in [0.25, 0.3) is 0 Å². The summed E-state index contributed by atoms with van der Waals surface area (Å²) in [4.78, 5) is 4.95. The van der Waals surface area contributed by atoms with Crippen LogP contribution in [0.4, 0.5) is 0 Å². The maximum atomic E-state index is 2.63. The molecule has 1 heterocycles. The van der Waals surface area contributed by atoms with Gasteiger partial charge in [0, 0.05) is 6.04 Å². The molecule has 2 heteroatoms. The highest BCUT2D eigenvalue weighted by molar-refractivity contribution is 4.86. The van der Waals surface area contributed by atoms with E-state index in [1.807, 2.05) is 13.8 Å². The third kappa shape index (κ3) is 5.71. The highest BCUT2D eigenvalue weighted by Crippen LogP contribution is 2.38. The van der Waals surface area contributed by atoms with Crippen molar-refractivity contribution in [3.05, 3.63) is 0 Å². The van der Waals surface area contributed by atoms with Crippen LogP contribution in [0.3, 0.4) is 0 Å². The molecule has 1 saturated heterocycles. The Morgan fingerprint density at radius 1 is 1.11 bits per heavy atom. The van der Waals surface area contributed by atoms with Crippen molar-refractivity contribution in [1.82, 2.24) is 9.80 Å². The van der Waals surface area contributed by atoms with Gasteiger partial charge in [-0.05, 0) is 72.3 Å². The molecule has 0 amide bonds. The molecule has 1 aliphatic rings. The lowest BCUT2D eigenvalue weighted by Gasteiger charge is -2.43. The van der Waals surface area contributed by atoms with Gasteiger partial charge in [-0.25, -0.2) is 0 Å².